The fourth-order valence-corrected chi connectivity index (χ4v) is 4.66. The molecule has 0 bridgehead atoms. The van der Waals surface area contributed by atoms with Gasteiger partial charge in [-0.3, -0.25) is 9.52 Å². The molecule has 3 aromatic carbocycles. The highest BCUT2D eigenvalue weighted by Gasteiger charge is 2.17. The number of anilines is 2. The van der Waals surface area contributed by atoms with Crippen LogP contribution in [0.2, 0.25) is 5.02 Å². The minimum Gasteiger partial charge on any atom is -0.497 e. The summed E-state index contributed by atoms with van der Waals surface area (Å²) in [5, 5.41) is 3.09. The molecular weight excluding hydrogens is 456 g/mol. The summed E-state index contributed by atoms with van der Waals surface area (Å²) in [4.78, 5) is 13.5. The highest BCUT2D eigenvalue weighted by Crippen LogP contribution is 2.26. The second-order valence-corrected chi connectivity index (χ2v) is 10.1. The topological polar surface area (TPSA) is 84.5 Å². The van der Waals surface area contributed by atoms with Gasteiger partial charge in [-0.2, -0.15) is 0 Å². The molecule has 6 nitrogen and oxygen atoms in total. The van der Waals surface area contributed by atoms with Crippen molar-refractivity contribution in [3.8, 4) is 5.75 Å². The minimum atomic E-state index is -3.76. The molecule has 0 fully saturated rings. The smallest absolute Gasteiger partial charge is 0.261 e. The average molecular weight is 477 g/mol. The molecule has 31 heavy (non-hydrogen) atoms. The van der Waals surface area contributed by atoms with E-state index in [9.17, 15) is 13.2 Å². The van der Waals surface area contributed by atoms with E-state index in [0.29, 0.717) is 22.1 Å². The Labute approximate surface area is 191 Å². The van der Waals surface area contributed by atoms with Crippen molar-refractivity contribution >= 4 is 50.7 Å². The molecule has 162 valence electrons. The van der Waals surface area contributed by atoms with E-state index >= 15 is 0 Å². The number of rotatable bonds is 8. The number of methoxy groups -OCH3 is 1. The van der Waals surface area contributed by atoms with Gasteiger partial charge in [-0.15, -0.1) is 11.8 Å². The van der Waals surface area contributed by atoms with E-state index in [1.807, 2.05) is 12.1 Å². The Morgan fingerprint density at radius 2 is 1.52 bits per heavy atom. The van der Waals surface area contributed by atoms with Crippen molar-refractivity contribution in [2.75, 3.05) is 17.1 Å². The lowest BCUT2D eigenvalue weighted by Gasteiger charge is -2.13. The van der Waals surface area contributed by atoms with Gasteiger partial charge in [0, 0.05) is 21.3 Å². The van der Waals surface area contributed by atoms with Crippen molar-refractivity contribution < 1.29 is 17.9 Å². The third-order valence-electron chi connectivity index (χ3n) is 4.27. The number of amides is 1. The van der Waals surface area contributed by atoms with E-state index in [1.54, 1.807) is 55.5 Å². The molecule has 1 unspecified atom stereocenters. The van der Waals surface area contributed by atoms with Crippen LogP contribution >= 0.6 is 23.4 Å². The molecule has 0 aromatic heterocycles. The van der Waals surface area contributed by atoms with Gasteiger partial charge in [0.05, 0.1) is 17.3 Å². The van der Waals surface area contributed by atoms with Crippen LogP contribution in [0.5, 0.6) is 5.75 Å². The molecule has 0 heterocycles. The Hall–Kier alpha value is -2.68. The van der Waals surface area contributed by atoms with Crippen LogP contribution in [0, 0.1) is 0 Å². The molecule has 3 aromatic rings. The number of sulfonamides is 1. The van der Waals surface area contributed by atoms with Crippen molar-refractivity contribution in [3.05, 3.63) is 77.8 Å². The summed E-state index contributed by atoms with van der Waals surface area (Å²) in [6.45, 7) is 1.80. The van der Waals surface area contributed by atoms with E-state index in [0.717, 1.165) is 4.90 Å². The van der Waals surface area contributed by atoms with Gasteiger partial charge in [-0.25, -0.2) is 8.42 Å². The molecule has 0 spiro atoms. The SMILES string of the molecule is COc1ccc(NS(=O)(=O)c2ccc(NC(=O)C(C)Sc3ccc(Cl)cc3)cc2)cc1. The highest BCUT2D eigenvalue weighted by molar-refractivity contribution is 8.00. The summed E-state index contributed by atoms with van der Waals surface area (Å²) in [6.07, 6.45) is 0. The zero-order chi connectivity index (χ0) is 22.4. The van der Waals surface area contributed by atoms with Crippen molar-refractivity contribution in [2.45, 2.75) is 22.0 Å². The number of nitrogens with one attached hydrogen (secondary N) is 2. The van der Waals surface area contributed by atoms with Gasteiger partial charge in [0.2, 0.25) is 5.91 Å². The van der Waals surface area contributed by atoms with Gasteiger partial charge in [0.25, 0.3) is 10.0 Å². The first-order valence-corrected chi connectivity index (χ1v) is 12.0. The first kappa shape index (κ1) is 23.0. The van der Waals surface area contributed by atoms with Gasteiger partial charge in [-0.1, -0.05) is 11.6 Å². The lowest BCUT2D eigenvalue weighted by Crippen LogP contribution is -2.22. The summed E-state index contributed by atoms with van der Waals surface area (Å²) >= 11 is 7.28. The van der Waals surface area contributed by atoms with Gasteiger partial charge >= 0.3 is 0 Å². The number of thioether (sulfide) groups is 1. The summed E-state index contributed by atoms with van der Waals surface area (Å²) in [7, 11) is -2.22. The second-order valence-electron chi connectivity index (χ2n) is 6.56. The zero-order valence-electron chi connectivity index (χ0n) is 16.8. The van der Waals surface area contributed by atoms with Crippen LogP contribution in [0.4, 0.5) is 11.4 Å². The van der Waals surface area contributed by atoms with Crippen LogP contribution in [0.3, 0.4) is 0 Å². The zero-order valence-corrected chi connectivity index (χ0v) is 19.2. The van der Waals surface area contributed by atoms with Crippen molar-refractivity contribution in [1.29, 1.82) is 0 Å². The third kappa shape index (κ3) is 6.40. The fraction of sp³-hybridized carbons (Fsp3) is 0.136. The van der Waals surface area contributed by atoms with E-state index in [2.05, 4.69) is 10.0 Å². The molecule has 0 aliphatic heterocycles. The number of carbonyl (C=O) groups is 1. The number of halogens is 1. The van der Waals surface area contributed by atoms with Gasteiger partial charge < -0.3 is 10.1 Å². The quantitative estimate of drug-likeness (QED) is 0.433. The molecule has 2 N–H and O–H groups in total. The molecule has 0 radical (unpaired) electrons. The molecule has 0 aliphatic rings. The normalized spacial score (nSPS) is 12.1. The van der Waals surface area contributed by atoms with Crippen LogP contribution < -0.4 is 14.8 Å². The predicted molar refractivity (Wildman–Crippen MR) is 126 cm³/mol. The molecule has 0 saturated carbocycles. The summed E-state index contributed by atoms with van der Waals surface area (Å²) in [6, 6.07) is 19.8. The van der Waals surface area contributed by atoms with Crippen LogP contribution in [-0.4, -0.2) is 26.7 Å². The van der Waals surface area contributed by atoms with E-state index < -0.39 is 10.0 Å². The average Bonchev–Trinajstić information content (AvgIpc) is 2.76. The number of benzene rings is 3. The molecule has 3 rings (SSSR count). The lowest BCUT2D eigenvalue weighted by atomic mass is 10.3. The van der Waals surface area contributed by atoms with E-state index in [-0.39, 0.29) is 16.1 Å². The van der Waals surface area contributed by atoms with Gasteiger partial charge in [0.1, 0.15) is 5.75 Å². The molecular formula is C22H21ClN2O4S2. The van der Waals surface area contributed by atoms with Crippen LogP contribution in [0.1, 0.15) is 6.92 Å². The Morgan fingerprint density at radius 3 is 2.10 bits per heavy atom. The number of hydrogen-bond acceptors (Lipinski definition) is 5. The third-order valence-corrected chi connectivity index (χ3v) is 7.03. The predicted octanol–water partition coefficient (Wildman–Crippen LogP) is 5.27. The molecule has 0 saturated heterocycles. The van der Waals surface area contributed by atoms with Gasteiger partial charge in [0.15, 0.2) is 0 Å². The first-order valence-electron chi connectivity index (χ1n) is 9.27. The second kappa shape index (κ2) is 10.1. The Balaban J connectivity index is 1.61. The number of carbonyl (C=O) groups excluding carboxylic acids is 1. The molecule has 0 aliphatic carbocycles. The number of hydrogen-bond donors (Lipinski definition) is 2. The first-order chi connectivity index (χ1) is 14.8. The maximum atomic E-state index is 12.6. The van der Waals surface area contributed by atoms with Crippen LogP contribution in [-0.2, 0) is 14.8 Å². The maximum absolute atomic E-state index is 12.6. The van der Waals surface area contributed by atoms with Crippen LogP contribution in [0.25, 0.3) is 0 Å². The van der Waals surface area contributed by atoms with Crippen LogP contribution in [0.15, 0.2) is 82.6 Å². The summed E-state index contributed by atoms with van der Waals surface area (Å²) in [5.74, 6) is 0.443. The van der Waals surface area contributed by atoms with Gasteiger partial charge in [-0.05, 0) is 79.7 Å². The summed E-state index contributed by atoms with van der Waals surface area (Å²) in [5.41, 5.74) is 0.934. The maximum Gasteiger partial charge on any atom is 0.261 e. The van der Waals surface area contributed by atoms with E-state index in [4.69, 9.17) is 16.3 Å². The minimum absolute atomic E-state index is 0.0879. The molecule has 1 amide bonds. The van der Waals surface area contributed by atoms with Crippen molar-refractivity contribution in [1.82, 2.24) is 0 Å². The number of ether oxygens (including phenoxy) is 1. The summed E-state index contributed by atoms with van der Waals surface area (Å²) < 4.78 is 32.7. The standard InChI is InChI=1S/C22H21ClN2O4S2/c1-15(30-20-11-3-16(23)4-12-20)22(26)24-17-7-13-21(14-8-17)31(27,28)25-18-5-9-19(29-2)10-6-18/h3-15,25H,1-2H3,(H,24,26). The van der Waals surface area contributed by atoms with E-state index in [1.165, 1.54) is 31.0 Å². The Bertz CT molecular complexity index is 1130. The fourth-order valence-electron chi connectivity index (χ4n) is 2.61. The van der Waals surface area contributed by atoms with Crippen molar-refractivity contribution in [3.63, 3.8) is 0 Å². The monoisotopic (exact) mass is 476 g/mol. The largest absolute Gasteiger partial charge is 0.497 e. The lowest BCUT2D eigenvalue weighted by molar-refractivity contribution is -0.115. The molecule has 1 atom stereocenters. The Kier molecular flexibility index (Phi) is 7.48. The highest BCUT2D eigenvalue weighted by atomic mass is 35.5. The molecule has 9 heteroatoms. The Morgan fingerprint density at radius 1 is 0.935 bits per heavy atom. The van der Waals surface area contributed by atoms with Crippen molar-refractivity contribution in [2.24, 2.45) is 0 Å².